The average Bonchev–Trinajstić information content (AvgIpc) is 2.26. The van der Waals surface area contributed by atoms with Crippen molar-refractivity contribution < 1.29 is 38.0 Å². The van der Waals surface area contributed by atoms with Gasteiger partial charge in [0.15, 0.2) is 0 Å². The van der Waals surface area contributed by atoms with Gasteiger partial charge in [-0.25, -0.2) is 0 Å². The number of hydrogen-bond donors (Lipinski definition) is 0. The van der Waals surface area contributed by atoms with E-state index in [1.54, 1.807) is 0 Å². The molecule has 0 aliphatic carbocycles. The molecule has 1 aromatic carbocycles. The largest absolute Gasteiger partial charge is 0.434 e. The Bertz CT molecular complexity index is 592. The van der Waals surface area contributed by atoms with Gasteiger partial charge in [-0.15, -0.1) is 15.5 Å². The molecule has 0 aromatic heterocycles. The lowest BCUT2D eigenvalue weighted by molar-refractivity contribution is -0.384. The highest BCUT2D eigenvalue weighted by Crippen LogP contribution is 3.08. The summed E-state index contributed by atoms with van der Waals surface area (Å²) in [5.74, 6) is 0. The maximum absolute atomic E-state index is 13.4. The van der Waals surface area contributed by atoms with Gasteiger partial charge in [0, 0.05) is 12.1 Å². The van der Waals surface area contributed by atoms with Gasteiger partial charge in [-0.05, 0) is 23.7 Å². The molecule has 13 heteroatoms. The topological polar surface area (TPSA) is 43.1 Å². The number of nitro benzene ring substituents is 1. The van der Waals surface area contributed by atoms with Gasteiger partial charge in [-0.3, -0.25) is 10.1 Å². The Morgan fingerprint density at radius 2 is 1.38 bits per heavy atom. The first-order valence-corrected chi connectivity index (χ1v) is 7.06. The Balaban J connectivity index is 3.64. The summed E-state index contributed by atoms with van der Waals surface area (Å²) in [5.41, 5.74) is -0.979. The molecule has 0 saturated carbocycles. The Kier molecular flexibility index (Phi) is 3.31. The van der Waals surface area contributed by atoms with Crippen LogP contribution in [0.5, 0.6) is 0 Å². The molecule has 21 heavy (non-hydrogen) atoms. The maximum atomic E-state index is 13.4. The third-order valence-electron chi connectivity index (χ3n) is 2.37. The molecule has 0 bridgehead atoms. The number of rotatable bonds is 4. The van der Waals surface area contributed by atoms with E-state index < -0.39 is 48.1 Å². The fourth-order valence-electron chi connectivity index (χ4n) is 1.22. The number of nitro groups is 1. The van der Waals surface area contributed by atoms with Crippen LogP contribution in [0.3, 0.4) is 0 Å². The summed E-state index contributed by atoms with van der Waals surface area (Å²) in [7, 11) is -10.9. The number of hydrogen-bond acceptors (Lipinski definition) is 2. The molecule has 0 spiro atoms. The van der Waals surface area contributed by atoms with Crippen LogP contribution in [0.1, 0.15) is 0 Å². The van der Waals surface area contributed by atoms with Gasteiger partial charge in [0.2, 0.25) is 9.84 Å². The molecule has 0 saturated heterocycles. The van der Waals surface area contributed by atoms with Gasteiger partial charge in [-0.2, -0.15) is 17.6 Å². The van der Waals surface area contributed by atoms with E-state index >= 15 is 0 Å². The minimum Gasteiger partial charge on any atom is -0.258 e. The Hall–Kier alpha value is -1.30. The zero-order chi connectivity index (χ0) is 17.0. The molecule has 0 atom stereocenters. The SMILES string of the molecule is O=[N+]([O-])c1ccc(S(F)(F)(F)(F)C(F)(F)C(F)(F)Cl)cc1. The summed E-state index contributed by atoms with van der Waals surface area (Å²) >= 11 is 3.70. The van der Waals surface area contributed by atoms with E-state index in [2.05, 4.69) is 11.6 Å². The molecule has 0 unspecified atom stereocenters. The molecule has 3 nitrogen and oxygen atoms in total. The highest BCUT2D eigenvalue weighted by atomic mass is 35.5. The van der Waals surface area contributed by atoms with Crippen LogP contribution in [-0.2, 0) is 0 Å². The second-order valence-corrected chi connectivity index (χ2v) is 7.43. The Morgan fingerprint density at radius 1 is 1.00 bits per heavy atom. The highest BCUT2D eigenvalue weighted by Gasteiger charge is 2.90. The number of alkyl halides is 5. The third kappa shape index (κ3) is 2.39. The smallest absolute Gasteiger partial charge is 0.258 e. The number of non-ortho nitro benzene ring substituents is 1. The lowest BCUT2D eigenvalue weighted by Gasteiger charge is -2.54. The van der Waals surface area contributed by atoms with Crippen molar-refractivity contribution in [2.45, 2.75) is 15.5 Å². The molecule has 0 fully saturated rings. The zero-order valence-electron chi connectivity index (χ0n) is 9.38. The van der Waals surface area contributed by atoms with E-state index in [9.17, 15) is 43.2 Å². The van der Waals surface area contributed by atoms with Crippen LogP contribution < -0.4 is 0 Å². The maximum Gasteiger partial charge on any atom is 0.434 e. The summed E-state index contributed by atoms with van der Waals surface area (Å²) in [6.45, 7) is 0. The fraction of sp³-hybridized carbons (Fsp3) is 0.250. The van der Waals surface area contributed by atoms with Crippen molar-refractivity contribution in [1.29, 1.82) is 0 Å². The molecule has 0 aliphatic rings. The number of nitrogens with zero attached hydrogens (tertiary/aromatic N) is 1. The van der Waals surface area contributed by atoms with Crippen molar-refractivity contribution in [3.8, 4) is 0 Å². The molecule has 0 amide bonds. The van der Waals surface area contributed by atoms with Crippen LogP contribution in [0, 0.1) is 10.1 Å². The van der Waals surface area contributed by atoms with Crippen molar-refractivity contribution in [2.24, 2.45) is 0 Å². The van der Waals surface area contributed by atoms with Crippen molar-refractivity contribution in [3.63, 3.8) is 0 Å². The summed E-state index contributed by atoms with van der Waals surface area (Å²) in [6, 6.07) is -0.737. The van der Waals surface area contributed by atoms with Crippen LogP contribution >= 0.6 is 21.4 Å². The quantitative estimate of drug-likeness (QED) is 0.293. The van der Waals surface area contributed by atoms with E-state index in [-0.39, 0.29) is 12.1 Å². The molecule has 0 N–H and O–H groups in total. The molecule has 0 radical (unpaired) electrons. The summed E-state index contributed by atoms with van der Waals surface area (Å²) in [5, 5.41) is -3.21. The minimum absolute atomic E-state index is 0.0517. The van der Waals surface area contributed by atoms with Crippen molar-refractivity contribution in [1.82, 2.24) is 0 Å². The summed E-state index contributed by atoms with van der Waals surface area (Å²) in [4.78, 5) is 6.28. The van der Waals surface area contributed by atoms with Gasteiger partial charge in [0.25, 0.3) is 5.69 Å². The first-order chi connectivity index (χ1) is 8.94. The molecule has 0 heterocycles. The van der Waals surface area contributed by atoms with E-state index in [4.69, 9.17) is 0 Å². The first kappa shape index (κ1) is 17.8. The predicted octanol–water partition coefficient (Wildman–Crippen LogP) is 5.79. The summed E-state index contributed by atoms with van der Waals surface area (Å²) < 4.78 is 104. The highest BCUT2D eigenvalue weighted by molar-refractivity contribution is 8.50. The lowest BCUT2D eigenvalue weighted by Crippen LogP contribution is -2.47. The van der Waals surface area contributed by atoms with E-state index in [1.807, 2.05) is 0 Å². The molecular weight excluding hydrogens is 362 g/mol. The normalized spacial score (nSPS) is 17.0. The average molecular weight is 366 g/mol. The number of benzene rings is 1. The zero-order valence-corrected chi connectivity index (χ0v) is 11.0. The first-order valence-electron chi connectivity index (χ1n) is 4.63. The molecule has 122 valence electrons. The van der Waals surface area contributed by atoms with Crippen LogP contribution in [-0.4, -0.2) is 15.6 Å². The molecule has 0 aliphatic heterocycles. The lowest BCUT2D eigenvalue weighted by atomic mass is 10.3. The number of halogens is 9. The third-order valence-corrected chi connectivity index (χ3v) is 5.23. The molecular formula is C8H4ClF8NO2S. The molecule has 1 aromatic rings. The summed E-state index contributed by atoms with van der Waals surface area (Å²) in [6.07, 6.45) is 0. The van der Waals surface area contributed by atoms with Crippen LogP contribution in [0.25, 0.3) is 0 Å². The molecule has 1 rings (SSSR count). The van der Waals surface area contributed by atoms with Crippen LogP contribution in [0.4, 0.5) is 38.8 Å². The van der Waals surface area contributed by atoms with Gasteiger partial charge in [0.1, 0.15) is 0 Å². The standard InChI is InChI=1S/C8H4ClF8NO2S/c9-7(10,11)8(12,13)21(14,15,16,17)6-3-1-5(2-4-6)18(19)20/h1-4H. The van der Waals surface area contributed by atoms with Crippen LogP contribution in [0.15, 0.2) is 29.2 Å². The van der Waals surface area contributed by atoms with E-state index in [0.29, 0.717) is 0 Å². The van der Waals surface area contributed by atoms with Gasteiger partial charge in [-0.1, -0.05) is 0 Å². The van der Waals surface area contributed by atoms with Gasteiger partial charge < -0.3 is 0 Å². The predicted molar refractivity (Wildman–Crippen MR) is 59.1 cm³/mol. The van der Waals surface area contributed by atoms with Gasteiger partial charge in [0.05, 0.1) is 9.82 Å². The van der Waals surface area contributed by atoms with Crippen molar-refractivity contribution >= 4 is 27.1 Å². The van der Waals surface area contributed by atoms with Crippen molar-refractivity contribution in [2.75, 3.05) is 0 Å². The Labute approximate surface area is 116 Å². The fourth-order valence-corrected chi connectivity index (χ4v) is 3.13. The second kappa shape index (κ2) is 3.91. The van der Waals surface area contributed by atoms with Crippen LogP contribution in [0.2, 0.25) is 0 Å². The van der Waals surface area contributed by atoms with Gasteiger partial charge >= 0.3 is 10.6 Å². The Morgan fingerprint density at radius 3 is 1.67 bits per heavy atom. The van der Waals surface area contributed by atoms with E-state index in [1.165, 1.54) is 0 Å². The van der Waals surface area contributed by atoms with E-state index in [0.717, 1.165) is 0 Å². The minimum atomic E-state index is -10.9. The monoisotopic (exact) mass is 365 g/mol. The second-order valence-electron chi connectivity index (χ2n) is 3.83. The van der Waals surface area contributed by atoms with Crippen molar-refractivity contribution in [3.05, 3.63) is 34.4 Å².